The van der Waals surface area contributed by atoms with Crippen molar-refractivity contribution in [3.05, 3.63) is 65.5 Å². The fraction of sp³-hybridized carbons (Fsp3) is 0.278. The van der Waals surface area contributed by atoms with Crippen LogP contribution in [0.5, 0.6) is 0 Å². The second-order valence-corrected chi connectivity index (χ2v) is 5.61. The van der Waals surface area contributed by atoms with Crippen LogP contribution in [0.4, 0.5) is 0 Å². The molecule has 1 aliphatic heterocycles. The standard InChI is InChI=1S/C18H19N3O2/c1-14-6-2-3-7-15(14)17(22)20-10-12-21(13-11-20)18(23)16-8-4-5-9-19-16/h2-9H,10-13H2,1H3. The average molecular weight is 309 g/mol. The molecule has 118 valence electrons. The fourth-order valence-corrected chi connectivity index (χ4v) is 2.75. The lowest BCUT2D eigenvalue weighted by atomic mass is 10.1. The molecule has 0 N–H and O–H groups in total. The first kappa shape index (κ1) is 15.2. The van der Waals surface area contributed by atoms with E-state index < -0.39 is 0 Å². The quantitative estimate of drug-likeness (QED) is 0.852. The van der Waals surface area contributed by atoms with Crippen LogP contribution in [0.3, 0.4) is 0 Å². The highest BCUT2D eigenvalue weighted by atomic mass is 16.2. The minimum absolute atomic E-state index is 0.0352. The lowest BCUT2D eigenvalue weighted by molar-refractivity contribution is 0.0532. The van der Waals surface area contributed by atoms with Crippen molar-refractivity contribution in [2.75, 3.05) is 26.2 Å². The van der Waals surface area contributed by atoms with E-state index in [0.29, 0.717) is 31.9 Å². The number of carbonyl (C=O) groups excluding carboxylic acids is 2. The molecule has 2 aromatic rings. The molecule has 1 saturated heterocycles. The van der Waals surface area contributed by atoms with E-state index in [0.717, 1.165) is 11.1 Å². The van der Waals surface area contributed by atoms with Gasteiger partial charge in [0.15, 0.2) is 0 Å². The Morgan fingerprint density at radius 3 is 2.09 bits per heavy atom. The van der Waals surface area contributed by atoms with Crippen LogP contribution in [0, 0.1) is 6.92 Å². The number of rotatable bonds is 2. The van der Waals surface area contributed by atoms with Crippen LogP contribution in [-0.4, -0.2) is 52.8 Å². The van der Waals surface area contributed by atoms with Gasteiger partial charge >= 0.3 is 0 Å². The maximum atomic E-state index is 12.6. The van der Waals surface area contributed by atoms with E-state index in [-0.39, 0.29) is 11.8 Å². The van der Waals surface area contributed by atoms with Crippen molar-refractivity contribution in [1.29, 1.82) is 0 Å². The van der Waals surface area contributed by atoms with Crippen LogP contribution in [0.15, 0.2) is 48.7 Å². The van der Waals surface area contributed by atoms with Crippen LogP contribution >= 0.6 is 0 Å². The highest BCUT2D eigenvalue weighted by molar-refractivity contribution is 5.96. The van der Waals surface area contributed by atoms with E-state index in [1.54, 1.807) is 29.3 Å². The molecule has 0 bridgehead atoms. The third kappa shape index (κ3) is 3.23. The van der Waals surface area contributed by atoms with Crippen molar-refractivity contribution in [2.45, 2.75) is 6.92 Å². The number of benzene rings is 1. The molecule has 0 radical (unpaired) electrons. The van der Waals surface area contributed by atoms with Gasteiger partial charge < -0.3 is 9.80 Å². The Hall–Kier alpha value is -2.69. The van der Waals surface area contributed by atoms with E-state index >= 15 is 0 Å². The zero-order chi connectivity index (χ0) is 16.2. The van der Waals surface area contributed by atoms with Crippen molar-refractivity contribution in [1.82, 2.24) is 14.8 Å². The smallest absolute Gasteiger partial charge is 0.272 e. The van der Waals surface area contributed by atoms with Gasteiger partial charge in [-0.2, -0.15) is 0 Å². The number of hydrogen-bond acceptors (Lipinski definition) is 3. The van der Waals surface area contributed by atoms with Crippen LogP contribution in [0.1, 0.15) is 26.4 Å². The lowest BCUT2D eigenvalue weighted by Gasteiger charge is -2.34. The zero-order valence-electron chi connectivity index (χ0n) is 13.1. The number of carbonyl (C=O) groups is 2. The molecule has 1 aromatic carbocycles. The lowest BCUT2D eigenvalue weighted by Crippen LogP contribution is -2.50. The number of amides is 2. The minimum Gasteiger partial charge on any atom is -0.335 e. The van der Waals surface area contributed by atoms with E-state index in [1.165, 1.54) is 0 Å². The normalized spacial score (nSPS) is 14.7. The summed E-state index contributed by atoms with van der Waals surface area (Å²) in [6.07, 6.45) is 1.62. The summed E-state index contributed by atoms with van der Waals surface area (Å²) in [5.74, 6) is -0.0402. The number of aromatic nitrogens is 1. The summed E-state index contributed by atoms with van der Waals surface area (Å²) in [5, 5.41) is 0. The van der Waals surface area contributed by atoms with Crippen LogP contribution in [-0.2, 0) is 0 Å². The van der Waals surface area contributed by atoms with Gasteiger partial charge in [-0.15, -0.1) is 0 Å². The first-order valence-corrected chi connectivity index (χ1v) is 7.72. The van der Waals surface area contributed by atoms with Crippen LogP contribution in [0.2, 0.25) is 0 Å². The second kappa shape index (κ2) is 6.60. The van der Waals surface area contributed by atoms with Gasteiger partial charge in [0.1, 0.15) is 5.69 Å². The highest BCUT2D eigenvalue weighted by Gasteiger charge is 2.26. The van der Waals surface area contributed by atoms with E-state index in [1.807, 2.05) is 36.1 Å². The van der Waals surface area contributed by atoms with Gasteiger partial charge in [-0.05, 0) is 30.7 Å². The van der Waals surface area contributed by atoms with Gasteiger partial charge in [0.2, 0.25) is 0 Å². The van der Waals surface area contributed by atoms with Gasteiger partial charge in [-0.25, -0.2) is 0 Å². The van der Waals surface area contributed by atoms with Gasteiger partial charge in [-0.3, -0.25) is 14.6 Å². The van der Waals surface area contributed by atoms with Crippen molar-refractivity contribution >= 4 is 11.8 Å². The maximum absolute atomic E-state index is 12.6. The summed E-state index contributed by atoms with van der Waals surface area (Å²) in [5.41, 5.74) is 2.16. The SMILES string of the molecule is Cc1ccccc1C(=O)N1CCN(C(=O)c2ccccn2)CC1. The predicted molar refractivity (Wildman–Crippen MR) is 87.2 cm³/mol. The Morgan fingerprint density at radius 2 is 1.48 bits per heavy atom. The molecule has 3 rings (SSSR count). The van der Waals surface area contributed by atoms with Gasteiger partial charge in [0.25, 0.3) is 11.8 Å². The second-order valence-electron chi connectivity index (χ2n) is 5.61. The zero-order valence-corrected chi connectivity index (χ0v) is 13.1. The van der Waals surface area contributed by atoms with E-state index in [2.05, 4.69) is 4.98 Å². The van der Waals surface area contributed by atoms with Gasteiger partial charge in [0, 0.05) is 37.9 Å². The van der Waals surface area contributed by atoms with Crippen molar-refractivity contribution in [2.24, 2.45) is 0 Å². The number of hydrogen-bond donors (Lipinski definition) is 0. The molecule has 23 heavy (non-hydrogen) atoms. The Bertz CT molecular complexity index is 707. The number of aryl methyl sites for hydroxylation is 1. The fourth-order valence-electron chi connectivity index (χ4n) is 2.75. The molecule has 0 atom stereocenters. The Labute approximate surface area is 135 Å². The Morgan fingerprint density at radius 1 is 0.870 bits per heavy atom. The molecular weight excluding hydrogens is 290 g/mol. The largest absolute Gasteiger partial charge is 0.335 e. The Balaban J connectivity index is 1.64. The van der Waals surface area contributed by atoms with Gasteiger partial charge in [0.05, 0.1) is 0 Å². The molecule has 1 fully saturated rings. The third-order valence-corrected chi connectivity index (χ3v) is 4.11. The topological polar surface area (TPSA) is 53.5 Å². The molecule has 0 unspecified atom stereocenters. The summed E-state index contributed by atoms with van der Waals surface area (Å²) in [6, 6.07) is 12.9. The Kier molecular flexibility index (Phi) is 4.37. The van der Waals surface area contributed by atoms with Gasteiger partial charge in [-0.1, -0.05) is 24.3 Å². The van der Waals surface area contributed by atoms with Crippen molar-refractivity contribution in [3.8, 4) is 0 Å². The molecule has 1 aromatic heterocycles. The minimum atomic E-state index is -0.0754. The molecule has 2 amide bonds. The average Bonchev–Trinajstić information content (AvgIpc) is 2.62. The molecule has 0 saturated carbocycles. The maximum Gasteiger partial charge on any atom is 0.272 e. The van der Waals surface area contributed by atoms with E-state index in [9.17, 15) is 9.59 Å². The summed E-state index contributed by atoms with van der Waals surface area (Å²) in [6.45, 7) is 4.10. The monoisotopic (exact) mass is 309 g/mol. The van der Waals surface area contributed by atoms with E-state index in [4.69, 9.17) is 0 Å². The van der Waals surface area contributed by atoms with Crippen LogP contribution < -0.4 is 0 Å². The molecule has 5 heteroatoms. The number of pyridine rings is 1. The molecule has 0 aliphatic carbocycles. The van der Waals surface area contributed by atoms with Crippen molar-refractivity contribution < 1.29 is 9.59 Å². The first-order chi connectivity index (χ1) is 11.2. The highest BCUT2D eigenvalue weighted by Crippen LogP contribution is 2.13. The molecule has 5 nitrogen and oxygen atoms in total. The third-order valence-electron chi connectivity index (χ3n) is 4.11. The van der Waals surface area contributed by atoms with Crippen LogP contribution in [0.25, 0.3) is 0 Å². The molecule has 0 spiro atoms. The first-order valence-electron chi connectivity index (χ1n) is 7.72. The molecule has 1 aliphatic rings. The predicted octanol–water partition coefficient (Wildman–Crippen LogP) is 1.99. The summed E-state index contributed by atoms with van der Waals surface area (Å²) in [7, 11) is 0. The van der Waals surface area contributed by atoms with Crippen molar-refractivity contribution in [3.63, 3.8) is 0 Å². The summed E-state index contributed by atoms with van der Waals surface area (Å²) in [4.78, 5) is 32.6. The summed E-state index contributed by atoms with van der Waals surface area (Å²) < 4.78 is 0. The molecule has 2 heterocycles. The summed E-state index contributed by atoms with van der Waals surface area (Å²) >= 11 is 0. The number of piperazine rings is 1. The number of nitrogens with zero attached hydrogens (tertiary/aromatic N) is 3. The molecular formula is C18H19N3O2.